The molecule has 1 aromatic carbocycles. The van der Waals surface area contributed by atoms with Gasteiger partial charge in [-0.15, -0.1) is 5.06 Å². The van der Waals surface area contributed by atoms with Crippen LogP contribution in [0.4, 0.5) is 4.79 Å². The van der Waals surface area contributed by atoms with E-state index in [-0.39, 0.29) is 11.1 Å². The van der Waals surface area contributed by atoms with Crippen LogP contribution in [0.25, 0.3) is 0 Å². The molecule has 0 aliphatic carbocycles. The van der Waals surface area contributed by atoms with E-state index in [0.717, 1.165) is 7.11 Å². The number of urea groups is 1. The van der Waals surface area contributed by atoms with Gasteiger partial charge in [-0.2, -0.15) is 0 Å². The number of carbonyl (C=O) groups is 3. The van der Waals surface area contributed by atoms with E-state index in [1.807, 2.05) is 0 Å². The van der Waals surface area contributed by atoms with Crippen molar-refractivity contribution in [2.24, 2.45) is 5.73 Å². The maximum Gasteiger partial charge on any atom is 0.348 e. The number of hydrogen-bond donors (Lipinski definition) is 2. The minimum Gasteiger partial charge on any atom is -0.366 e. The molecule has 0 aromatic heterocycles. The number of nitrogens with two attached hydrogens (primary N) is 1. The number of primary amides is 1. The van der Waals surface area contributed by atoms with Crippen molar-refractivity contribution in [3.8, 4) is 0 Å². The van der Waals surface area contributed by atoms with Crippen molar-refractivity contribution in [2.45, 2.75) is 0 Å². The van der Waals surface area contributed by atoms with Gasteiger partial charge in [0.1, 0.15) is 0 Å². The van der Waals surface area contributed by atoms with E-state index in [4.69, 9.17) is 10.6 Å². The first kappa shape index (κ1) is 16.6. The summed E-state index contributed by atoms with van der Waals surface area (Å²) in [5, 5.41) is 2.73. The standard InChI is InChI=1S/C11H11Br2N3O4/c1-15-11(19)16(20-2)10(18)6-3-5(12)4-7(13)8(6)9(14)17/h3-4H,1-2H3,(H2,14,17)(H,15,19). The molecule has 3 N–H and O–H groups in total. The summed E-state index contributed by atoms with van der Waals surface area (Å²) in [4.78, 5) is 40.0. The molecule has 0 aliphatic rings. The minimum absolute atomic E-state index is 0.0378. The summed E-state index contributed by atoms with van der Waals surface area (Å²) in [6.07, 6.45) is 0. The number of halogens is 2. The lowest BCUT2D eigenvalue weighted by Crippen LogP contribution is -2.42. The van der Waals surface area contributed by atoms with Crippen LogP contribution in [-0.4, -0.2) is 37.1 Å². The number of benzene rings is 1. The fourth-order valence-corrected chi connectivity index (χ4v) is 2.88. The maximum absolute atomic E-state index is 12.3. The Bertz CT molecular complexity index is 577. The highest BCUT2D eigenvalue weighted by Crippen LogP contribution is 2.27. The van der Waals surface area contributed by atoms with E-state index in [1.54, 1.807) is 6.07 Å². The highest BCUT2D eigenvalue weighted by atomic mass is 79.9. The zero-order chi connectivity index (χ0) is 15.4. The predicted octanol–water partition coefficient (Wildman–Crippen LogP) is 1.65. The fourth-order valence-electron chi connectivity index (χ4n) is 1.46. The Morgan fingerprint density at radius 3 is 2.35 bits per heavy atom. The second-order valence-corrected chi connectivity index (χ2v) is 5.28. The molecule has 0 aliphatic heterocycles. The molecule has 9 heteroatoms. The lowest BCUT2D eigenvalue weighted by molar-refractivity contribution is -0.0584. The Morgan fingerprint density at radius 2 is 1.90 bits per heavy atom. The van der Waals surface area contributed by atoms with E-state index >= 15 is 0 Å². The van der Waals surface area contributed by atoms with Crippen molar-refractivity contribution in [2.75, 3.05) is 14.2 Å². The van der Waals surface area contributed by atoms with Crippen LogP contribution in [0.5, 0.6) is 0 Å². The van der Waals surface area contributed by atoms with Crippen molar-refractivity contribution in [1.29, 1.82) is 0 Å². The van der Waals surface area contributed by atoms with Crippen molar-refractivity contribution in [1.82, 2.24) is 10.4 Å². The lowest BCUT2D eigenvalue weighted by atomic mass is 10.1. The molecule has 1 rings (SSSR count). The van der Waals surface area contributed by atoms with E-state index in [1.165, 1.54) is 13.1 Å². The number of hydrogen-bond acceptors (Lipinski definition) is 4. The molecular formula is C11H11Br2N3O4. The number of nitrogens with zero attached hydrogens (tertiary/aromatic N) is 1. The Kier molecular flexibility index (Phi) is 5.66. The van der Waals surface area contributed by atoms with Gasteiger partial charge in [-0.3, -0.25) is 14.4 Å². The number of carbonyl (C=O) groups excluding carboxylic acids is 3. The van der Waals surface area contributed by atoms with Gasteiger partial charge in [0.05, 0.1) is 18.2 Å². The van der Waals surface area contributed by atoms with Crippen LogP contribution in [0.1, 0.15) is 20.7 Å². The number of hydroxylamine groups is 2. The van der Waals surface area contributed by atoms with Crippen molar-refractivity contribution < 1.29 is 19.2 Å². The SMILES string of the molecule is CNC(=O)N(OC)C(=O)c1cc(Br)cc(Br)c1C(N)=O. The number of nitrogens with one attached hydrogen (secondary N) is 1. The van der Waals surface area contributed by atoms with Gasteiger partial charge >= 0.3 is 6.03 Å². The predicted molar refractivity (Wildman–Crippen MR) is 78.0 cm³/mol. The summed E-state index contributed by atoms with van der Waals surface area (Å²) >= 11 is 6.34. The van der Waals surface area contributed by atoms with E-state index < -0.39 is 17.8 Å². The molecule has 108 valence electrons. The van der Waals surface area contributed by atoms with E-state index in [2.05, 4.69) is 37.2 Å². The van der Waals surface area contributed by atoms with Crippen LogP contribution in [0.2, 0.25) is 0 Å². The molecule has 0 unspecified atom stereocenters. The molecule has 1 aromatic rings. The second kappa shape index (κ2) is 6.82. The molecule has 4 amide bonds. The van der Waals surface area contributed by atoms with Crippen LogP contribution in [0, 0.1) is 0 Å². The number of rotatable bonds is 3. The summed E-state index contributed by atoms with van der Waals surface area (Å²) in [6, 6.07) is 2.17. The fraction of sp³-hybridized carbons (Fsp3) is 0.182. The van der Waals surface area contributed by atoms with Gasteiger partial charge in [-0.25, -0.2) is 4.79 Å². The van der Waals surface area contributed by atoms with Gasteiger partial charge in [-0.05, 0) is 28.1 Å². The zero-order valence-corrected chi connectivity index (χ0v) is 13.7. The molecule has 0 saturated heterocycles. The molecule has 0 radical (unpaired) electrons. The molecule has 7 nitrogen and oxygen atoms in total. The molecule has 0 spiro atoms. The first-order valence-electron chi connectivity index (χ1n) is 5.22. The van der Waals surface area contributed by atoms with E-state index in [0.29, 0.717) is 14.0 Å². The third kappa shape index (κ3) is 3.35. The molecule has 20 heavy (non-hydrogen) atoms. The highest BCUT2D eigenvalue weighted by molar-refractivity contribution is 9.11. The molecule has 0 fully saturated rings. The van der Waals surface area contributed by atoms with E-state index in [9.17, 15) is 14.4 Å². The number of amides is 4. The van der Waals surface area contributed by atoms with Gasteiger partial charge in [0.15, 0.2) is 0 Å². The molecule has 0 bridgehead atoms. The summed E-state index contributed by atoms with van der Waals surface area (Å²) in [5.41, 5.74) is 5.15. The Hall–Kier alpha value is -1.45. The largest absolute Gasteiger partial charge is 0.366 e. The third-order valence-electron chi connectivity index (χ3n) is 2.30. The smallest absolute Gasteiger partial charge is 0.348 e. The average molecular weight is 409 g/mol. The molecule has 0 saturated carbocycles. The third-order valence-corrected chi connectivity index (χ3v) is 3.38. The second-order valence-electron chi connectivity index (χ2n) is 3.51. The van der Waals surface area contributed by atoms with Crippen LogP contribution in [-0.2, 0) is 4.84 Å². The molecule has 0 heterocycles. The topological polar surface area (TPSA) is 102 Å². The quantitative estimate of drug-likeness (QED) is 0.742. The number of imide groups is 1. The van der Waals surface area contributed by atoms with Gasteiger partial charge in [-0.1, -0.05) is 15.9 Å². The first-order valence-corrected chi connectivity index (χ1v) is 6.81. The Labute approximate surface area is 131 Å². The van der Waals surface area contributed by atoms with Crippen LogP contribution >= 0.6 is 31.9 Å². The summed E-state index contributed by atoms with van der Waals surface area (Å²) in [5.74, 6) is -1.62. The molecule has 0 atom stereocenters. The minimum atomic E-state index is -0.817. The van der Waals surface area contributed by atoms with Gasteiger partial charge < -0.3 is 11.1 Å². The normalized spacial score (nSPS) is 10.0. The van der Waals surface area contributed by atoms with Crippen molar-refractivity contribution in [3.05, 3.63) is 32.2 Å². The van der Waals surface area contributed by atoms with Crippen molar-refractivity contribution in [3.63, 3.8) is 0 Å². The van der Waals surface area contributed by atoms with Gasteiger partial charge in [0.25, 0.3) is 11.8 Å². The van der Waals surface area contributed by atoms with Crippen LogP contribution < -0.4 is 11.1 Å². The van der Waals surface area contributed by atoms with Crippen molar-refractivity contribution >= 4 is 49.7 Å². The van der Waals surface area contributed by atoms with Gasteiger partial charge in [0, 0.05) is 16.0 Å². The Balaban J connectivity index is 3.41. The summed E-state index contributed by atoms with van der Waals surface area (Å²) in [6.45, 7) is 0. The maximum atomic E-state index is 12.3. The van der Waals surface area contributed by atoms with Crippen LogP contribution in [0.15, 0.2) is 21.1 Å². The monoisotopic (exact) mass is 407 g/mol. The average Bonchev–Trinajstić information content (AvgIpc) is 2.37. The van der Waals surface area contributed by atoms with Gasteiger partial charge in [0.2, 0.25) is 0 Å². The highest BCUT2D eigenvalue weighted by Gasteiger charge is 2.27. The van der Waals surface area contributed by atoms with Crippen LogP contribution in [0.3, 0.4) is 0 Å². The molecular weight excluding hydrogens is 398 g/mol. The Morgan fingerprint density at radius 1 is 1.30 bits per heavy atom. The summed E-state index contributed by atoms with van der Waals surface area (Å²) < 4.78 is 0.862. The summed E-state index contributed by atoms with van der Waals surface area (Å²) in [7, 11) is 2.50. The first-order chi connectivity index (χ1) is 9.33. The lowest BCUT2D eigenvalue weighted by Gasteiger charge is -2.18. The zero-order valence-electron chi connectivity index (χ0n) is 10.6.